The van der Waals surface area contributed by atoms with Gasteiger partial charge in [0.15, 0.2) is 0 Å². The van der Waals surface area contributed by atoms with E-state index >= 15 is 0 Å². The molecule has 4 nitrogen and oxygen atoms in total. The first kappa shape index (κ1) is 14.9. The predicted molar refractivity (Wildman–Crippen MR) is 92.7 cm³/mol. The van der Waals surface area contributed by atoms with E-state index in [0.29, 0.717) is 5.69 Å². The van der Waals surface area contributed by atoms with Crippen LogP contribution in [0.25, 0.3) is 10.9 Å². The Kier molecular flexibility index (Phi) is 4.03. The SMILES string of the molecule is O=C(c1ccc2ccccc2n1)N1CCCCC[C@H]1c1ccco1. The van der Waals surface area contributed by atoms with Crippen molar-refractivity contribution in [1.82, 2.24) is 9.88 Å². The molecule has 0 N–H and O–H groups in total. The molecule has 122 valence electrons. The molecule has 1 amide bonds. The average Bonchev–Trinajstić information content (AvgIpc) is 3.05. The van der Waals surface area contributed by atoms with Crippen molar-refractivity contribution in [3.05, 3.63) is 66.2 Å². The highest BCUT2D eigenvalue weighted by Gasteiger charge is 2.29. The molecular weight excluding hydrogens is 300 g/mol. The summed E-state index contributed by atoms with van der Waals surface area (Å²) in [5.41, 5.74) is 1.36. The van der Waals surface area contributed by atoms with Crippen LogP contribution < -0.4 is 0 Å². The molecule has 3 aromatic rings. The highest BCUT2D eigenvalue weighted by atomic mass is 16.3. The van der Waals surface area contributed by atoms with Gasteiger partial charge in [-0.2, -0.15) is 0 Å². The Hall–Kier alpha value is -2.62. The largest absolute Gasteiger partial charge is 0.467 e. The van der Waals surface area contributed by atoms with Crippen LogP contribution in [-0.4, -0.2) is 22.3 Å². The molecule has 1 atom stereocenters. The number of pyridine rings is 1. The summed E-state index contributed by atoms with van der Waals surface area (Å²) in [6.07, 6.45) is 5.90. The number of aromatic nitrogens is 1. The third kappa shape index (κ3) is 2.80. The number of benzene rings is 1. The Labute approximate surface area is 141 Å². The molecule has 0 aliphatic carbocycles. The standard InChI is InChI=1S/C20H20N2O2/c23-20(17-12-11-15-7-3-4-8-16(15)21-17)22-13-5-1-2-9-18(22)19-10-6-14-24-19/h3-4,6-8,10-12,14,18H,1-2,5,9,13H2/t18-/m0/s1. The maximum Gasteiger partial charge on any atom is 0.273 e. The Morgan fingerprint density at radius 1 is 1.04 bits per heavy atom. The Morgan fingerprint density at radius 2 is 1.96 bits per heavy atom. The molecular formula is C20H20N2O2. The van der Waals surface area contributed by atoms with Crippen molar-refractivity contribution in [3.63, 3.8) is 0 Å². The van der Waals surface area contributed by atoms with E-state index in [0.717, 1.165) is 48.9 Å². The van der Waals surface area contributed by atoms with Gasteiger partial charge in [-0.25, -0.2) is 4.98 Å². The van der Waals surface area contributed by atoms with Crippen LogP contribution in [0.15, 0.2) is 59.2 Å². The van der Waals surface area contributed by atoms with E-state index < -0.39 is 0 Å². The van der Waals surface area contributed by atoms with E-state index in [1.807, 2.05) is 53.4 Å². The van der Waals surface area contributed by atoms with E-state index in [2.05, 4.69) is 4.98 Å². The fraction of sp³-hybridized carbons (Fsp3) is 0.300. The van der Waals surface area contributed by atoms with Crippen molar-refractivity contribution >= 4 is 16.8 Å². The number of para-hydroxylation sites is 1. The molecule has 1 aromatic carbocycles. The van der Waals surface area contributed by atoms with Crippen LogP contribution in [0.2, 0.25) is 0 Å². The van der Waals surface area contributed by atoms with Crippen LogP contribution in [0.5, 0.6) is 0 Å². The number of carbonyl (C=O) groups is 1. The summed E-state index contributed by atoms with van der Waals surface area (Å²) in [6.45, 7) is 0.749. The molecule has 4 heteroatoms. The normalized spacial score (nSPS) is 18.5. The van der Waals surface area contributed by atoms with Gasteiger partial charge < -0.3 is 9.32 Å². The van der Waals surface area contributed by atoms with Crippen molar-refractivity contribution in [2.45, 2.75) is 31.7 Å². The monoisotopic (exact) mass is 320 g/mol. The smallest absolute Gasteiger partial charge is 0.273 e. The molecule has 0 unspecified atom stereocenters. The molecule has 24 heavy (non-hydrogen) atoms. The van der Waals surface area contributed by atoms with Gasteiger partial charge in [0.05, 0.1) is 17.8 Å². The van der Waals surface area contributed by atoms with E-state index in [4.69, 9.17) is 4.42 Å². The molecule has 0 radical (unpaired) electrons. The third-order valence-corrected chi connectivity index (χ3v) is 4.70. The van der Waals surface area contributed by atoms with Crippen molar-refractivity contribution in [1.29, 1.82) is 0 Å². The highest BCUT2D eigenvalue weighted by molar-refractivity contribution is 5.95. The van der Waals surface area contributed by atoms with Crippen LogP contribution in [-0.2, 0) is 0 Å². The van der Waals surface area contributed by atoms with E-state index in [1.54, 1.807) is 6.26 Å². The lowest BCUT2D eigenvalue weighted by molar-refractivity contribution is 0.0653. The molecule has 1 aliphatic heterocycles. The van der Waals surface area contributed by atoms with Gasteiger partial charge in [-0.15, -0.1) is 0 Å². The number of rotatable bonds is 2. The van der Waals surface area contributed by atoms with Crippen LogP contribution in [0.1, 0.15) is 48.0 Å². The predicted octanol–water partition coefficient (Wildman–Crippen LogP) is 4.59. The zero-order chi connectivity index (χ0) is 16.4. The number of carbonyl (C=O) groups excluding carboxylic acids is 1. The number of furan rings is 1. The lowest BCUT2D eigenvalue weighted by Gasteiger charge is -2.28. The van der Waals surface area contributed by atoms with Crippen LogP contribution >= 0.6 is 0 Å². The van der Waals surface area contributed by atoms with Crippen LogP contribution in [0.3, 0.4) is 0 Å². The summed E-state index contributed by atoms with van der Waals surface area (Å²) in [7, 11) is 0. The van der Waals surface area contributed by atoms with Gasteiger partial charge in [-0.1, -0.05) is 37.1 Å². The summed E-state index contributed by atoms with van der Waals surface area (Å²) in [5, 5.41) is 1.05. The maximum atomic E-state index is 13.1. The van der Waals surface area contributed by atoms with Crippen molar-refractivity contribution < 1.29 is 9.21 Å². The number of hydrogen-bond donors (Lipinski definition) is 0. The molecule has 4 rings (SSSR count). The fourth-order valence-electron chi connectivity index (χ4n) is 3.46. The number of likely N-dealkylation sites (tertiary alicyclic amines) is 1. The minimum absolute atomic E-state index is 0.00303. The second-order valence-electron chi connectivity index (χ2n) is 6.27. The lowest BCUT2D eigenvalue weighted by Crippen LogP contribution is -2.35. The molecule has 0 bridgehead atoms. The van der Waals surface area contributed by atoms with Crippen LogP contribution in [0, 0.1) is 0 Å². The van der Waals surface area contributed by atoms with Crippen molar-refractivity contribution in [2.24, 2.45) is 0 Å². The van der Waals surface area contributed by atoms with E-state index in [-0.39, 0.29) is 11.9 Å². The van der Waals surface area contributed by atoms with Crippen LogP contribution in [0.4, 0.5) is 0 Å². The first-order valence-corrected chi connectivity index (χ1v) is 8.53. The molecule has 1 aliphatic rings. The quantitative estimate of drug-likeness (QED) is 0.694. The van der Waals surface area contributed by atoms with Gasteiger partial charge in [0.2, 0.25) is 0 Å². The summed E-state index contributed by atoms with van der Waals surface area (Å²) >= 11 is 0. The van der Waals surface area contributed by atoms with E-state index in [1.165, 1.54) is 0 Å². The minimum Gasteiger partial charge on any atom is -0.467 e. The first-order valence-electron chi connectivity index (χ1n) is 8.53. The zero-order valence-corrected chi connectivity index (χ0v) is 13.5. The summed E-state index contributed by atoms with van der Waals surface area (Å²) in [6, 6.07) is 15.5. The van der Waals surface area contributed by atoms with Gasteiger partial charge >= 0.3 is 0 Å². The number of nitrogens with zero attached hydrogens (tertiary/aromatic N) is 2. The van der Waals surface area contributed by atoms with Gasteiger partial charge in [-0.3, -0.25) is 4.79 Å². The Balaban J connectivity index is 1.69. The van der Waals surface area contributed by atoms with Gasteiger partial charge in [-0.05, 0) is 37.1 Å². The second-order valence-corrected chi connectivity index (χ2v) is 6.27. The number of amides is 1. The minimum atomic E-state index is -0.0101. The van der Waals surface area contributed by atoms with Gasteiger partial charge in [0, 0.05) is 11.9 Å². The number of fused-ring (bicyclic) bond motifs is 1. The highest BCUT2D eigenvalue weighted by Crippen LogP contribution is 2.31. The van der Waals surface area contributed by atoms with Gasteiger partial charge in [0.25, 0.3) is 5.91 Å². The number of hydrogen-bond acceptors (Lipinski definition) is 3. The molecule has 0 saturated carbocycles. The van der Waals surface area contributed by atoms with Gasteiger partial charge in [0.1, 0.15) is 11.5 Å². The molecule has 3 heterocycles. The molecule has 2 aromatic heterocycles. The maximum absolute atomic E-state index is 13.1. The second kappa shape index (κ2) is 6.48. The first-order chi connectivity index (χ1) is 11.8. The molecule has 0 spiro atoms. The molecule has 1 saturated heterocycles. The Bertz CT molecular complexity index is 842. The Morgan fingerprint density at radius 3 is 2.83 bits per heavy atom. The summed E-state index contributed by atoms with van der Waals surface area (Å²) < 4.78 is 5.60. The summed E-state index contributed by atoms with van der Waals surface area (Å²) in [4.78, 5) is 19.6. The average molecular weight is 320 g/mol. The lowest BCUT2D eigenvalue weighted by atomic mass is 10.1. The summed E-state index contributed by atoms with van der Waals surface area (Å²) in [5.74, 6) is 0.857. The zero-order valence-electron chi connectivity index (χ0n) is 13.5. The molecule has 1 fully saturated rings. The fourth-order valence-corrected chi connectivity index (χ4v) is 3.46. The third-order valence-electron chi connectivity index (χ3n) is 4.70. The van der Waals surface area contributed by atoms with Crippen molar-refractivity contribution in [3.8, 4) is 0 Å². The topological polar surface area (TPSA) is 46.3 Å². The van der Waals surface area contributed by atoms with Crippen molar-refractivity contribution in [2.75, 3.05) is 6.54 Å². The van der Waals surface area contributed by atoms with E-state index in [9.17, 15) is 4.79 Å².